The van der Waals surface area contributed by atoms with E-state index in [4.69, 9.17) is 13.6 Å². The molecule has 0 aliphatic heterocycles. The van der Waals surface area contributed by atoms with Crippen LogP contribution in [0.5, 0.6) is 17.2 Å². The highest BCUT2D eigenvalue weighted by molar-refractivity contribution is 7.48. The lowest BCUT2D eigenvalue weighted by atomic mass is 9.97. The quantitative estimate of drug-likeness (QED) is 0.0666. The van der Waals surface area contributed by atoms with E-state index in [2.05, 4.69) is 41.5 Å². The first kappa shape index (κ1) is 44.6. The van der Waals surface area contributed by atoms with E-state index in [0.29, 0.717) is 17.2 Å². The summed E-state index contributed by atoms with van der Waals surface area (Å²) in [5.74, 6) is 1.05. The highest BCUT2D eigenvalue weighted by Gasteiger charge is 2.29. The van der Waals surface area contributed by atoms with Crippen molar-refractivity contribution in [1.29, 1.82) is 0 Å². The average Bonchev–Trinajstić information content (AvgIpc) is 3.16. The molecule has 3 aromatic carbocycles. The Morgan fingerprint density at radius 1 is 0.396 bits per heavy atom. The van der Waals surface area contributed by atoms with Gasteiger partial charge in [-0.05, 0) is 164 Å². The van der Waals surface area contributed by atoms with Crippen LogP contribution in [-0.2, 0) is 76.5 Å². The summed E-state index contributed by atoms with van der Waals surface area (Å²) in [5, 5.41) is 33.2. The van der Waals surface area contributed by atoms with Crippen molar-refractivity contribution in [2.24, 2.45) is 0 Å². The Bertz CT molecular complexity index is 1310. The van der Waals surface area contributed by atoms with Crippen LogP contribution >= 0.6 is 7.82 Å². The van der Waals surface area contributed by atoms with Gasteiger partial charge in [-0.3, -0.25) is 13.6 Å². The Morgan fingerprint density at radius 2 is 0.585 bits per heavy atom. The van der Waals surface area contributed by atoms with E-state index in [-0.39, 0.29) is 19.8 Å². The molecule has 0 fully saturated rings. The van der Waals surface area contributed by atoms with Crippen molar-refractivity contribution in [3.8, 4) is 17.2 Å². The van der Waals surface area contributed by atoms with Gasteiger partial charge in [-0.15, -0.1) is 0 Å². The van der Waals surface area contributed by atoms with Crippen molar-refractivity contribution in [3.05, 3.63) is 86.5 Å². The van der Waals surface area contributed by atoms with Crippen molar-refractivity contribution >= 4 is 7.82 Å². The molecule has 0 spiro atoms. The van der Waals surface area contributed by atoms with E-state index in [0.717, 1.165) is 166 Å². The number of phenolic OH excluding ortho intramolecular Hbond substituents is 3. The third kappa shape index (κ3) is 14.4. The van der Waals surface area contributed by atoms with E-state index in [1.807, 2.05) is 36.4 Å². The van der Waals surface area contributed by atoms with Crippen LogP contribution in [0.2, 0.25) is 0 Å². The van der Waals surface area contributed by atoms with Crippen LogP contribution in [0.1, 0.15) is 169 Å². The number of hydrogen-bond acceptors (Lipinski definition) is 7. The summed E-state index contributed by atoms with van der Waals surface area (Å²) in [6.45, 7) is 12.8. The molecule has 8 heteroatoms. The molecule has 0 saturated carbocycles. The summed E-state index contributed by atoms with van der Waals surface area (Å²) in [6, 6.07) is 11.7. The standard InChI is InChI=1S/C45H69O7P/c1-7-13-19-37-25-34(26-38(43(37)46)20-14-8-2)31-50-53(49,51-32-35-27-39(21-15-9-3)44(47)40(28-35)22-16-10-4)52-33-36-29-41(23-17-11-5)45(48)42(30-36)24-18-12-6/h25-30,46-48H,7-24,31-33H2,1-6H3. The number of aryl methyl sites for hydroxylation is 6. The monoisotopic (exact) mass is 752 g/mol. The summed E-state index contributed by atoms with van der Waals surface area (Å²) in [7, 11) is -4.16. The molecular formula is C45H69O7P. The number of phosphoric ester groups is 1. The Kier molecular flexibility index (Phi) is 20.1. The Morgan fingerprint density at radius 3 is 0.755 bits per heavy atom. The maximum atomic E-state index is 14.7. The normalized spacial score (nSPS) is 11.8. The molecule has 0 saturated heterocycles. The predicted molar refractivity (Wildman–Crippen MR) is 218 cm³/mol. The zero-order chi connectivity index (χ0) is 38.6. The van der Waals surface area contributed by atoms with Gasteiger partial charge in [0, 0.05) is 0 Å². The summed E-state index contributed by atoms with van der Waals surface area (Å²) < 4.78 is 33.2. The SMILES string of the molecule is CCCCc1cc(COP(=O)(OCc2cc(CCCC)c(O)c(CCCC)c2)OCc2cc(CCCC)c(O)c(CCCC)c2)cc(CCCC)c1O. The van der Waals surface area contributed by atoms with Gasteiger partial charge in [-0.25, -0.2) is 4.57 Å². The number of rotatable bonds is 27. The second-order valence-electron chi connectivity index (χ2n) is 14.7. The van der Waals surface area contributed by atoms with Gasteiger partial charge in [-0.2, -0.15) is 0 Å². The van der Waals surface area contributed by atoms with Gasteiger partial charge >= 0.3 is 7.82 Å². The molecule has 0 amide bonds. The number of benzene rings is 3. The average molecular weight is 753 g/mol. The summed E-state index contributed by atoms with van der Waals surface area (Å²) >= 11 is 0. The van der Waals surface area contributed by atoms with Gasteiger partial charge in [0.2, 0.25) is 0 Å². The molecule has 0 atom stereocenters. The number of phenols is 3. The molecule has 296 valence electrons. The van der Waals surface area contributed by atoms with Gasteiger partial charge in [-0.1, -0.05) is 80.1 Å². The molecule has 3 aromatic rings. The van der Waals surface area contributed by atoms with Gasteiger partial charge < -0.3 is 15.3 Å². The summed E-state index contributed by atoms with van der Waals surface area (Å²) in [5.41, 5.74) is 7.70. The molecule has 0 radical (unpaired) electrons. The van der Waals surface area contributed by atoms with Crippen molar-refractivity contribution in [1.82, 2.24) is 0 Å². The second kappa shape index (κ2) is 23.8. The van der Waals surface area contributed by atoms with Crippen LogP contribution in [0.3, 0.4) is 0 Å². The molecule has 0 bridgehead atoms. The molecule has 0 unspecified atom stereocenters. The highest BCUT2D eigenvalue weighted by Crippen LogP contribution is 2.52. The molecule has 0 aromatic heterocycles. The molecule has 0 aliphatic carbocycles. The van der Waals surface area contributed by atoms with Crippen LogP contribution < -0.4 is 0 Å². The lowest BCUT2D eigenvalue weighted by Crippen LogP contribution is -2.05. The first-order valence-corrected chi connectivity index (χ1v) is 22.1. The topological polar surface area (TPSA) is 105 Å². The van der Waals surface area contributed by atoms with Crippen LogP contribution in [-0.4, -0.2) is 15.3 Å². The maximum absolute atomic E-state index is 14.7. The minimum atomic E-state index is -4.16. The Balaban J connectivity index is 1.98. The fraction of sp³-hybridized carbons (Fsp3) is 0.600. The molecule has 3 rings (SSSR count). The van der Waals surface area contributed by atoms with Gasteiger partial charge in [0.15, 0.2) is 0 Å². The molecule has 0 aliphatic rings. The molecule has 3 N–H and O–H groups in total. The number of hydrogen-bond donors (Lipinski definition) is 3. The fourth-order valence-electron chi connectivity index (χ4n) is 6.67. The number of aromatic hydroxyl groups is 3. The molecule has 7 nitrogen and oxygen atoms in total. The van der Waals surface area contributed by atoms with E-state index in [9.17, 15) is 19.9 Å². The van der Waals surface area contributed by atoms with Crippen LogP contribution in [0, 0.1) is 0 Å². The smallest absolute Gasteiger partial charge is 0.475 e. The largest absolute Gasteiger partial charge is 0.507 e. The second-order valence-corrected chi connectivity index (χ2v) is 16.3. The summed E-state index contributed by atoms with van der Waals surface area (Å²) in [4.78, 5) is 0. The minimum absolute atomic E-state index is 0.00599. The van der Waals surface area contributed by atoms with E-state index in [1.54, 1.807) is 0 Å². The predicted octanol–water partition coefficient (Wildman–Crippen LogP) is 12.9. The van der Waals surface area contributed by atoms with Crippen LogP contribution in [0.25, 0.3) is 0 Å². The first-order chi connectivity index (χ1) is 25.6. The highest BCUT2D eigenvalue weighted by atomic mass is 31.2. The number of unbranched alkanes of at least 4 members (excludes halogenated alkanes) is 6. The third-order valence-electron chi connectivity index (χ3n) is 9.95. The van der Waals surface area contributed by atoms with Crippen molar-refractivity contribution in [2.45, 2.75) is 177 Å². The van der Waals surface area contributed by atoms with Gasteiger partial charge in [0.1, 0.15) is 17.2 Å². The van der Waals surface area contributed by atoms with Crippen LogP contribution in [0.4, 0.5) is 0 Å². The Hall–Kier alpha value is -2.83. The van der Waals surface area contributed by atoms with E-state index >= 15 is 0 Å². The molecular weight excluding hydrogens is 683 g/mol. The Labute approximate surface area is 321 Å². The fourth-order valence-corrected chi connectivity index (χ4v) is 7.81. The van der Waals surface area contributed by atoms with E-state index in [1.165, 1.54) is 0 Å². The van der Waals surface area contributed by atoms with Crippen LogP contribution in [0.15, 0.2) is 36.4 Å². The third-order valence-corrected chi connectivity index (χ3v) is 11.3. The maximum Gasteiger partial charge on any atom is 0.475 e. The van der Waals surface area contributed by atoms with Gasteiger partial charge in [0.25, 0.3) is 0 Å². The number of phosphoric acid groups is 1. The first-order valence-electron chi connectivity index (χ1n) is 20.7. The van der Waals surface area contributed by atoms with E-state index < -0.39 is 7.82 Å². The minimum Gasteiger partial charge on any atom is -0.507 e. The lowest BCUT2D eigenvalue weighted by molar-refractivity contribution is 0.0977. The van der Waals surface area contributed by atoms with Crippen molar-refractivity contribution in [3.63, 3.8) is 0 Å². The van der Waals surface area contributed by atoms with Crippen molar-refractivity contribution in [2.75, 3.05) is 0 Å². The molecule has 53 heavy (non-hydrogen) atoms. The molecule has 0 heterocycles. The van der Waals surface area contributed by atoms with Crippen molar-refractivity contribution < 1.29 is 33.5 Å². The van der Waals surface area contributed by atoms with Gasteiger partial charge in [0.05, 0.1) is 19.8 Å². The lowest BCUT2D eigenvalue weighted by Gasteiger charge is -2.21. The summed E-state index contributed by atoms with van der Waals surface area (Å²) in [6.07, 6.45) is 16.3. The zero-order valence-electron chi connectivity index (χ0n) is 33.7. The zero-order valence-corrected chi connectivity index (χ0v) is 34.6.